The molecule has 4 saturated carbocycles. The van der Waals surface area contributed by atoms with Crippen molar-refractivity contribution in [2.45, 2.75) is 56.9 Å². The van der Waals surface area contributed by atoms with Crippen LogP contribution in [0.5, 0.6) is 0 Å². The first-order valence-electron chi connectivity index (χ1n) is 8.13. The Hall–Kier alpha value is -0.760. The molecule has 102 valence electrons. The second-order valence-corrected chi connectivity index (χ2v) is 7.68. The van der Waals surface area contributed by atoms with E-state index in [1.807, 2.05) is 0 Å². The van der Waals surface area contributed by atoms with E-state index in [0.29, 0.717) is 5.41 Å². The van der Waals surface area contributed by atoms with Crippen molar-refractivity contribution in [3.63, 3.8) is 0 Å². The molecule has 2 heteroatoms. The third kappa shape index (κ3) is 1.53. The van der Waals surface area contributed by atoms with Gasteiger partial charge in [0.05, 0.1) is 0 Å². The van der Waals surface area contributed by atoms with E-state index in [1.54, 1.807) is 0 Å². The second kappa shape index (κ2) is 3.66. The van der Waals surface area contributed by atoms with Crippen LogP contribution in [0.25, 0.3) is 0 Å². The summed E-state index contributed by atoms with van der Waals surface area (Å²) in [4.78, 5) is 0. The highest BCUT2D eigenvalue weighted by Gasteiger charge is 2.53. The predicted octanol–water partition coefficient (Wildman–Crippen LogP) is 3.39. The fourth-order valence-electron chi connectivity index (χ4n) is 5.93. The number of nitrogens with one attached hydrogen (secondary N) is 1. The monoisotopic (exact) mass is 257 g/mol. The molecule has 5 aliphatic rings. The highest BCUT2D eigenvalue weighted by Crippen LogP contribution is 2.61. The lowest BCUT2D eigenvalue weighted by Gasteiger charge is -2.55. The fourth-order valence-corrected chi connectivity index (χ4v) is 5.93. The first kappa shape index (κ1) is 11.0. The highest BCUT2D eigenvalue weighted by molar-refractivity contribution is 5.30. The molecule has 0 atom stereocenters. The van der Waals surface area contributed by atoms with E-state index in [0.717, 1.165) is 37.3 Å². The van der Waals surface area contributed by atoms with Crippen LogP contribution in [0.2, 0.25) is 0 Å². The number of hydrogen-bond donors (Lipinski definition) is 1. The van der Waals surface area contributed by atoms with Gasteiger partial charge in [0.15, 0.2) is 0 Å². The van der Waals surface area contributed by atoms with Gasteiger partial charge in [0, 0.05) is 30.5 Å². The lowest BCUT2D eigenvalue weighted by atomic mass is 9.49. The zero-order valence-corrected chi connectivity index (χ0v) is 11.6. The molecule has 2 heterocycles. The maximum absolute atomic E-state index is 6.35. The summed E-state index contributed by atoms with van der Waals surface area (Å²) in [6.45, 7) is 2.10. The number of furan rings is 1. The van der Waals surface area contributed by atoms with Gasteiger partial charge in [-0.25, -0.2) is 0 Å². The number of rotatable bonds is 1. The third-order valence-corrected chi connectivity index (χ3v) is 6.30. The SMILES string of the molecule is c1c(C23CC4CC(CC(C4)C2)C3)oc2c1CNCC2. The topological polar surface area (TPSA) is 25.2 Å². The largest absolute Gasteiger partial charge is 0.465 e. The summed E-state index contributed by atoms with van der Waals surface area (Å²) >= 11 is 0. The quantitative estimate of drug-likeness (QED) is 0.834. The van der Waals surface area contributed by atoms with Crippen LogP contribution in [0.4, 0.5) is 0 Å². The zero-order chi connectivity index (χ0) is 12.4. The van der Waals surface area contributed by atoms with E-state index in [1.165, 1.54) is 55.6 Å². The minimum atomic E-state index is 0.437. The first-order valence-corrected chi connectivity index (χ1v) is 8.13. The minimum absolute atomic E-state index is 0.437. The van der Waals surface area contributed by atoms with Crippen LogP contribution >= 0.6 is 0 Å². The van der Waals surface area contributed by atoms with E-state index < -0.39 is 0 Å². The third-order valence-electron chi connectivity index (χ3n) is 6.30. The molecule has 0 unspecified atom stereocenters. The van der Waals surface area contributed by atoms with Crippen molar-refractivity contribution in [3.8, 4) is 0 Å². The molecule has 1 aromatic rings. The average molecular weight is 257 g/mol. The smallest absolute Gasteiger partial charge is 0.110 e. The second-order valence-electron chi connectivity index (χ2n) is 7.68. The molecule has 0 saturated heterocycles. The van der Waals surface area contributed by atoms with Gasteiger partial charge >= 0.3 is 0 Å². The summed E-state index contributed by atoms with van der Waals surface area (Å²) in [5, 5.41) is 3.47. The molecule has 1 aromatic heterocycles. The molecule has 4 aliphatic carbocycles. The van der Waals surface area contributed by atoms with E-state index in [9.17, 15) is 0 Å². The average Bonchev–Trinajstić information content (AvgIpc) is 2.81. The van der Waals surface area contributed by atoms with E-state index >= 15 is 0 Å². The van der Waals surface area contributed by atoms with Gasteiger partial charge in [-0.1, -0.05) is 0 Å². The van der Waals surface area contributed by atoms with E-state index in [4.69, 9.17) is 4.42 Å². The Morgan fingerprint density at radius 1 is 1.05 bits per heavy atom. The lowest BCUT2D eigenvalue weighted by Crippen LogP contribution is -2.48. The molecule has 4 bridgehead atoms. The molecule has 2 nitrogen and oxygen atoms in total. The Kier molecular flexibility index (Phi) is 2.11. The molecule has 4 fully saturated rings. The predicted molar refractivity (Wildman–Crippen MR) is 74.0 cm³/mol. The van der Waals surface area contributed by atoms with Gasteiger partial charge in [0.25, 0.3) is 0 Å². The molecular formula is C17H23NO. The maximum Gasteiger partial charge on any atom is 0.110 e. The Balaban J connectivity index is 1.56. The lowest BCUT2D eigenvalue weighted by molar-refractivity contribution is -0.0155. The van der Waals surface area contributed by atoms with Crippen molar-refractivity contribution in [3.05, 3.63) is 23.2 Å². The van der Waals surface area contributed by atoms with Gasteiger partial charge in [0.1, 0.15) is 11.5 Å². The summed E-state index contributed by atoms with van der Waals surface area (Å²) < 4.78 is 6.35. The van der Waals surface area contributed by atoms with Crippen molar-refractivity contribution in [1.82, 2.24) is 5.32 Å². The van der Waals surface area contributed by atoms with Crippen molar-refractivity contribution in [1.29, 1.82) is 0 Å². The van der Waals surface area contributed by atoms with Crippen molar-refractivity contribution in [2.75, 3.05) is 6.54 Å². The molecule has 0 amide bonds. The van der Waals surface area contributed by atoms with Crippen LogP contribution in [0, 0.1) is 17.8 Å². The highest BCUT2D eigenvalue weighted by atomic mass is 16.3. The van der Waals surface area contributed by atoms with Gasteiger partial charge < -0.3 is 9.73 Å². The van der Waals surface area contributed by atoms with Crippen molar-refractivity contribution >= 4 is 0 Å². The van der Waals surface area contributed by atoms with E-state index in [-0.39, 0.29) is 0 Å². The summed E-state index contributed by atoms with van der Waals surface area (Å²) in [6, 6.07) is 2.41. The van der Waals surface area contributed by atoms with Gasteiger partial charge in [-0.2, -0.15) is 0 Å². The standard InChI is InChI=1S/C17H23NO/c1-2-18-10-14-6-16(19-15(1)14)17-7-11-3-12(8-17)5-13(4-11)9-17/h6,11-13,18H,1-5,7-10H2. The Morgan fingerprint density at radius 3 is 2.37 bits per heavy atom. The summed E-state index contributed by atoms with van der Waals surface area (Å²) in [7, 11) is 0. The molecule has 6 rings (SSSR count). The fraction of sp³-hybridized carbons (Fsp3) is 0.765. The van der Waals surface area contributed by atoms with Crippen LogP contribution in [0.1, 0.15) is 55.6 Å². The van der Waals surface area contributed by atoms with Crippen LogP contribution in [-0.4, -0.2) is 6.54 Å². The summed E-state index contributed by atoms with van der Waals surface area (Å²) in [5.74, 6) is 5.66. The summed E-state index contributed by atoms with van der Waals surface area (Å²) in [5.41, 5.74) is 1.88. The molecule has 0 aromatic carbocycles. The van der Waals surface area contributed by atoms with Crippen LogP contribution in [0.3, 0.4) is 0 Å². The Morgan fingerprint density at radius 2 is 1.74 bits per heavy atom. The van der Waals surface area contributed by atoms with Crippen LogP contribution in [-0.2, 0) is 18.4 Å². The van der Waals surface area contributed by atoms with Crippen LogP contribution < -0.4 is 5.32 Å². The molecular weight excluding hydrogens is 234 g/mol. The Labute approximate surface area is 114 Å². The van der Waals surface area contributed by atoms with E-state index in [2.05, 4.69) is 11.4 Å². The minimum Gasteiger partial charge on any atom is -0.465 e. The summed E-state index contributed by atoms with van der Waals surface area (Å²) in [6.07, 6.45) is 9.88. The van der Waals surface area contributed by atoms with Gasteiger partial charge in [-0.05, 0) is 62.3 Å². The molecule has 0 spiro atoms. The van der Waals surface area contributed by atoms with Crippen molar-refractivity contribution in [2.24, 2.45) is 17.8 Å². The van der Waals surface area contributed by atoms with Gasteiger partial charge in [-0.3, -0.25) is 0 Å². The zero-order valence-electron chi connectivity index (χ0n) is 11.6. The normalized spacial score (nSPS) is 43.5. The Bertz CT molecular complexity index is 457. The molecule has 1 aliphatic heterocycles. The maximum atomic E-state index is 6.35. The van der Waals surface area contributed by atoms with Crippen LogP contribution in [0.15, 0.2) is 10.5 Å². The van der Waals surface area contributed by atoms with Gasteiger partial charge in [0.2, 0.25) is 0 Å². The first-order chi connectivity index (χ1) is 9.31. The molecule has 19 heavy (non-hydrogen) atoms. The molecule has 1 N–H and O–H groups in total. The van der Waals surface area contributed by atoms with Crippen molar-refractivity contribution < 1.29 is 4.42 Å². The molecule has 0 radical (unpaired) electrons. The van der Waals surface area contributed by atoms with Gasteiger partial charge in [-0.15, -0.1) is 0 Å². The number of hydrogen-bond acceptors (Lipinski definition) is 2. The number of fused-ring (bicyclic) bond motifs is 1.